The third kappa shape index (κ3) is 9.61. The van der Waals surface area contributed by atoms with Crippen molar-refractivity contribution in [2.24, 2.45) is 16.7 Å². The Morgan fingerprint density at radius 1 is 0.940 bits per heavy atom. The number of aromatic amines is 1. The fourth-order valence-electron chi connectivity index (χ4n) is 11.0. The highest BCUT2D eigenvalue weighted by Crippen LogP contribution is 2.54. The molecule has 0 unspecified atom stereocenters. The van der Waals surface area contributed by atoms with Gasteiger partial charge in [-0.2, -0.15) is 0 Å². The first-order valence-electron chi connectivity index (χ1n) is 23.5. The molecule has 3 aliphatic carbocycles. The second-order valence-electron chi connectivity index (χ2n) is 20.4. The highest BCUT2D eigenvalue weighted by molar-refractivity contribution is 7.91. The van der Waals surface area contributed by atoms with Crippen LogP contribution in [0.25, 0.3) is 11.0 Å². The maximum atomic E-state index is 14.0. The number of nitrogens with one attached hydrogen (secondary N) is 3. The van der Waals surface area contributed by atoms with Crippen molar-refractivity contribution in [3.63, 3.8) is 0 Å². The molecule has 3 aromatic heterocycles. The van der Waals surface area contributed by atoms with Gasteiger partial charge in [0.15, 0.2) is 9.84 Å². The Morgan fingerprint density at radius 2 is 1.69 bits per heavy atom. The van der Waals surface area contributed by atoms with E-state index in [4.69, 9.17) is 4.74 Å². The number of sulfone groups is 1. The Morgan fingerprint density at radius 3 is 2.42 bits per heavy atom. The third-order valence-electron chi connectivity index (χ3n) is 15.2. The molecule has 3 saturated carbocycles. The van der Waals surface area contributed by atoms with Crippen LogP contribution in [0.5, 0.6) is 11.5 Å². The number of hydrogen-bond acceptors (Lipinski definition) is 13. The predicted octanol–water partition coefficient (Wildman–Crippen LogP) is 8.50. The fourth-order valence-corrected chi connectivity index (χ4v) is 13.4. The summed E-state index contributed by atoms with van der Waals surface area (Å²) in [7, 11) is -7.78. The standard InChI is InChI=1S/C49H58N8O8S2/c1-48(2)14-11-32(12-15-48)28-51-46-42(57(59)60)25-38(30-53-46)67(63,64)54-47(58)41-10-9-35(24-44(41)65-37-23-34-13-18-50-45(34)52-29-37)55-19-16-49(17-20-55)26-36(27-49)56-21-22-66(61,62)31-43(56)40-6-4-3-5-39(40)33-7-8-33/h3-6,9-10,13,18,23-25,29-30,32-33,36,43H,7-8,11-12,14-17,19-22,26-28,31H2,1-2H3,(H,50,52)(H,51,53)(H,54,58)/t43-/m1/s1. The Hall–Kier alpha value is -5.59. The molecule has 1 atom stereocenters. The molecular formula is C49H58N8O8S2. The first kappa shape index (κ1) is 45.2. The molecule has 16 nitrogen and oxygen atoms in total. The molecule has 0 radical (unpaired) electrons. The maximum absolute atomic E-state index is 14.0. The minimum absolute atomic E-state index is 0.0290. The number of carbonyl (C=O) groups excluding carboxylic acids is 1. The highest BCUT2D eigenvalue weighted by atomic mass is 32.2. The Labute approximate surface area is 391 Å². The van der Waals surface area contributed by atoms with Crippen molar-refractivity contribution in [3.8, 4) is 11.5 Å². The lowest BCUT2D eigenvalue weighted by atomic mass is 9.59. The zero-order valence-electron chi connectivity index (χ0n) is 37.9. The Bertz CT molecular complexity index is 2930. The van der Waals surface area contributed by atoms with E-state index in [0.29, 0.717) is 42.4 Å². The van der Waals surface area contributed by atoms with E-state index in [0.717, 1.165) is 101 Å². The van der Waals surface area contributed by atoms with Gasteiger partial charge in [0.2, 0.25) is 5.82 Å². The van der Waals surface area contributed by atoms with Gasteiger partial charge in [-0.15, -0.1) is 0 Å². The zero-order valence-corrected chi connectivity index (χ0v) is 39.6. The summed E-state index contributed by atoms with van der Waals surface area (Å²) in [4.78, 5) is 41.3. The van der Waals surface area contributed by atoms with Crippen molar-refractivity contribution in [1.82, 2.24) is 24.6 Å². The molecule has 2 aromatic carbocycles. The molecular weight excluding hydrogens is 893 g/mol. The van der Waals surface area contributed by atoms with Crippen molar-refractivity contribution in [1.29, 1.82) is 0 Å². The quantitative estimate of drug-likeness (QED) is 0.0748. The van der Waals surface area contributed by atoms with E-state index in [-0.39, 0.29) is 45.5 Å². The number of nitro groups is 1. The van der Waals surface area contributed by atoms with Gasteiger partial charge in [0, 0.05) is 67.7 Å². The lowest BCUT2D eigenvalue weighted by molar-refractivity contribution is -0.384. The molecule has 2 saturated heterocycles. The average Bonchev–Trinajstić information content (AvgIpc) is 4.04. The van der Waals surface area contributed by atoms with Crippen LogP contribution in [0.1, 0.15) is 112 Å². The number of amides is 1. The summed E-state index contributed by atoms with van der Waals surface area (Å²) in [5.74, 6) is 0.628. The summed E-state index contributed by atoms with van der Waals surface area (Å²) in [6.45, 7) is 7.00. The number of anilines is 2. The van der Waals surface area contributed by atoms with E-state index in [9.17, 15) is 31.7 Å². The second-order valence-corrected chi connectivity index (χ2v) is 24.3. The molecule has 10 rings (SSSR count). The third-order valence-corrected chi connectivity index (χ3v) is 18.2. The number of piperidine rings is 1. The van der Waals surface area contributed by atoms with Crippen LogP contribution in [0.4, 0.5) is 17.2 Å². The number of sulfonamides is 1. The van der Waals surface area contributed by atoms with Crippen molar-refractivity contribution in [3.05, 3.63) is 106 Å². The molecule has 3 N–H and O–H groups in total. The molecule has 5 heterocycles. The largest absolute Gasteiger partial charge is 0.455 e. The van der Waals surface area contributed by atoms with Crippen LogP contribution in [0.15, 0.2) is 84.1 Å². The Kier molecular flexibility index (Phi) is 11.8. The number of benzene rings is 2. The molecule has 1 amide bonds. The second kappa shape index (κ2) is 17.5. The number of nitrogens with zero attached hydrogens (tertiary/aromatic N) is 5. The van der Waals surface area contributed by atoms with E-state index < -0.39 is 41.3 Å². The number of pyridine rings is 2. The van der Waals surface area contributed by atoms with Gasteiger partial charge in [-0.25, -0.2) is 31.5 Å². The molecule has 18 heteroatoms. The van der Waals surface area contributed by atoms with Crippen LogP contribution < -0.4 is 19.7 Å². The average molecular weight is 951 g/mol. The summed E-state index contributed by atoms with van der Waals surface area (Å²) in [5, 5.41) is 16.0. The summed E-state index contributed by atoms with van der Waals surface area (Å²) in [6, 6.07) is 18.2. The number of ether oxygens (including phenoxy) is 1. The number of rotatable bonds is 13. The van der Waals surface area contributed by atoms with Crippen LogP contribution in [0.3, 0.4) is 0 Å². The lowest BCUT2D eigenvalue weighted by Crippen LogP contribution is -2.58. The lowest BCUT2D eigenvalue weighted by Gasteiger charge is -2.57. The van der Waals surface area contributed by atoms with E-state index in [2.05, 4.69) is 66.8 Å². The minimum Gasteiger partial charge on any atom is -0.455 e. The molecule has 354 valence electrons. The van der Waals surface area contributed by atoms with Crippen molar-refractivity contribution >= 4 is 54.0 Å². The van der Waals surface area contributed by atoms with E-state index in [1.807, 2.05) is 12.1 Å². The number of H-pyrrole nitrogens is 1. The zero-order chi connectivity index (χ0) is 46.7. The van der Waals surface area contributed by atoms with Crippen LogP contribution >= 0.6 is 0 Å². The normalized spacial score (nSPS) is 22.0. The number of hydrogen-bond donors (Lipinski definition) is 3. The SMILES string of the molecule is CC1(C)CCC(CNc2ncc(S(=O)(=O)NC(=O)c3ccc(N4CCC5(CC4)CC(N4CCS(=O)(=O)C[C@@H]4c4ccccc4C4CC4)C5)cc3Oc3cnc4[nH]ccc4c3)cc2[N+](=O)[O-])CC1. The van der Waals surface area contributed by atoms with Crippen LogP contribution in [0, 0.1) is 26.9 Å². The van der Waals surface area contributed by atoms with E-state index in [1.165, 1.54) is 23.4 Å². The Balaban J connectivity index is 0.840. The predicted molar refractivity (Wildman–Crippen MR) is 256 cm³/mol. The first-order chi connectivity index (χ1) is 32.0. The van der Waals surface area contributed by atoms with Crippen molar-refractivity contribution in [2.75, 3.05) is 47.9 Å². The van der Waals surface area contributed by atoms with Crippen LogP contribution in [0.2, 0.25) is 0 Å². The number of carbonyl (C=O) groups is 1. The minimum atomic E-state index is -4.63. The van der Waals surface area contributed by atoms with Crippen molar-refractivity contribution < 1.29 is 31.3 Å². The molecule has 67 heavy (non-hydrogen) atoms. The van der Waals surface area contributed by atoms with Gasteiger partial charge in [-0.3, -0.25) is 19.8 Å². The first-order valence-corrected chi connectivity index (χ1v) is 26.8. The van der Waals surface area contributed by atoms with Gasteiger partial charge in [-0.1, -0.05) is 38.1 Å². The topological polar surface area (TPSA) is 210 Å². The van der Waals surface area contributed by atoms with Gasteiger partial charge in [0.25, 0.3) is 15.9 Å². The van der Waals surface area contributed by atoms with Gasteiger partial charge >= 0.3 is 5.69 Å². The fraction of sp³-hybridized carbons (Fsp3) is 0.490. The van der Waals surface area contributed by atoms with E-state index >= 15 is 0 Å². The summed E-state index contributed by atoms with van der Waals surface area (Å²) >= 11 is 0. The monoisotopic (exact) mass is 950 g/mol. The van der Waals surface area contributed by atoms with Crippen LogP contribution in [-0.2, 0) is 19.9 Å². The van der Waals surface area contributed by atoms with E-state index in [1.54, 1.807) is 24.4 Å². The van der Waals surface area contributed by atoms with Gasteiger partial charge in [0.1, 0.15) is 22.0 Å². The van der Waals surface area contributed by atoms with Gasteiger partial charge < -0.3 is 19.9 Å². The molecule has 5 aliphatic rings. The molecule has 5 fully saturated rings. The van der Waals surface area contributed by atoms with Crippen molar-refractivity contribution in [2.45, 2.75) is 101 Å². The summed E-state index contributed by atoms with van der Waals surface area (Å²) in [6.07, 6.45) is 14.6. The van der Waals surface area contributed by atoms with Gasteiger partial charge in [0.05, 0.1) is 34.4 Å². The molecule has 5 aromatic rings. The van der Waals surface area contributed by atoms with Gasteiger partial charge in [-0.05, 0) is 122 Å². The molecule has 0 bridgehead atoms. The number of fused-ring (bicyclic) bond motifs is 1. The summed E-state index contributed by atoms with van der Waals surface area (Å²) < 4.78 is 61.9. The smallest absolute Gasteiger partial charge is 0.312 e. The van der Waals surface area contributed by atoms with Crippen LogP contribution in [-0.4, -0.2) is 91.2 Å². The summed E-state index contributed by atoms with van der Waals surface area (Å²) in [5.41, 5.74) is 3.78. The maximum Gasteiger partial charge on any atom is 0.312 e. The molecule has 2 aliphatic heterocycles. The highest BCUT2D eigenvalue weighted by Gasteiger charge is 2.51. The number of aromatic nitrogens is 3. The molecule has 1 spiro atoms.